The lowest BCUT2D eigenvalue weighted by molar-refractivity contribution is 0.208. The Morgan fingerprint density at radius 1 is 1.54 bits per heavy atom. The predicted molar refractivity (Wildman–Crippen MR) is 43.2 cm³/mol. The van der Waals surface area contributed by atoms with E-state index < -0.39 is 11.9 Å². The van der Waals surface area contributed by atoms with Crippen LogP contribution in [0.4, 0.5) is 9.18 Å². The summed E-state index contributed by atoms with van der Waals surface area (Å²) in [5, 5.41) is 0. The molecule has 0 atom stereocenters. The van der Waals surface area contributed by atoms with E-state index in [1.165, 1.54) is 19.2 Å². The van der Waals surface area contributed by atoms with Gasteiger partial charge in [-0.05, 0) is 12.1 Å². The van der Waals surface area contributed by atoms with Gasteiger partial charge in [-0.2, -0.15) is 0 Å². The summed E-state index contributed by atoms with van der Waals surface area (Å²) < 4.78 is 22.0. The van der Waals surface area contributed by atoms with Gasteiger partial charge in [-0.1, -0.05) is 0 Å². The number of rotatable bonds is 2. The van der Waals surface area contributed by atoms with Crippen molar-refractivity contribution in [1.29, 1.82) is 0 Å². The first kappa shape index (κ1) is 9.31. The van der Waals surface area contributed by atoms with Gasteiger partial charge in [-0.25, -0.2) is 9.18 Å². The highest BCUT2D eigenvalue weighted by molar-refractivity contribution is 5.68. The molecule has 1 rings (SSSR count). The molecule has 0 fully saturated rings. The quantitative estimate of drug-likeness (QED) is 0.755. The third-order valence-electron chi connectivity index (χ3n) is 1.35. The topological polar surface area (TPSA) is 61.6 Å². The van der Waals surface area contributed by atoms with Gasteiger partial charge < -0.3 is 15.2 Å². The van der Waals surface area contributed by atoms with Crippen molar-refractivity contribution in [2.24, 2.45) is 5.73 Å². The van der Waals surface area contributed by atoms with E-state index in [4.69, 9.17) is 10.5 Å². The van der Waals surface area contributed by atoms with Crippen molar-refractivity contribution < 1.29 is 18.7 Å². The van der Waals surface area contributed by atoms with Crippen LogP contribution in [0.15, 0.2) is 18.2 Å². The van der Waals surface area contributed by atoms with Crippen molar-refractivity contribution in [3.63, 3.8) is 0 Å². The maximum absolute atomic E-state index is 12.9. The zero-order chi connectivity index (χ0) is 9.84. The maximum atomic E-state index is 12.9. The van der Waals surface area contributed by atoms with Gasteiger partial charge in [0.1, 0.15) is 5.75 Å². The molecule has 0 spiro atoms. The van der Waals surface area contributed by atoms with Gasteiger partial charge in [0, 0.05) is 6.07 Å². The van der Waals surface area contributed by atoms with Gasteiger partial charge in [-0.3, -0.25) is 0 Å². The van der Waals surface area contributed by atoms with Crippen LogP contribution in [0.1, 0.15) is 0 Å². The Morgan fingerprint density at radius 3 is 2.77 bits per heavy atom. The highest BCUT2D eigenvalue weighted by Crippen LogP contribution is 2.22. The molecule has 0 aliphatic carbocycles. The summed E-state index contributed by atoms with van der Waals surface area (Å²) >= 11 is 0. The molecule has 0 aliphatic rings. The molecule has 0 aliphatic heterocycles. The maximum Gasteiger partial charge on any atom is 0.410 e. The van der Waals surface area contributed by atoms with E-state index >= 15 is 0 Å². The molecule has 0 radical (unpaired) electrons. The highest BCUT2D eigenvalue weighted by atomic mass is 19.1. The summed E-state index contributed by atoms with van der Waals surface area (Å²) in [6.45, 7) is 0. The smallest absolute Gasteiger partial charge is 0.410 e. The molecule has 1 aromatic carbocycles. The molecule has 2 N–H and O–H groups in total. The minimum absolute atomic E-state index is 0.244. The van der Waals surface area contributed by atoms with Crippen molar-refractivity contribution in [2.45, 2.75) is 0 Å². The monoisotopic (exact) mass is 185 g/mol. The van der Waals surface area contributed by atoms with Crippen molar-refractivity contribution >= 4 is 6.09 Å². The van der Waals surface area contributed by atoms with E-state index in [9.17, 15) is 9.18 Å². The number of ether oxygens (including phenoxy) is 2. The third-order valence-corrected chi connectivity index (χ3v) is 1.35. The summed E-state index contributed by atoms with van der Waals surface area (Å²) in [6, 6.07) is 3.76. The summed E-state index contributed by atoms with van der Waals surface area (Å²) in [5.41, 5.74) is 4.72. The van der Waals surface area contributed by atoms with Crippen molar-refractivity contribution in [3.8, 4) is 11.5 Å². The van der Waals surface area contributed by atoms with E-state index in [2.05, 4.69) is 4.74 Å². The van der Waals surface area contributed by atoms with Crippen LogP contribution in [0.5, 0.6) is 11.5 Å². The number of carbonyl (C=O) groups is 1. The Kier molecular flexibility index (Phi) is 2.69. The molecule has 1 amide bonds. The minimum Gasteiger partial charge on any atom is -0.497 e. The molecular formula is C8H8FNO3. The average Bonchev–Trinajstić information content (AvgIpc) is 2.08. The van der Waals surface area contributed by atoms with Crippen LogP contribution >= 0.6 is 0 Å². The second-order valence-corrected chi connectivity index (χ2v) is 2.22. The Morgan fingerprint density at radius 2 is 2.23 bits per heavy atom. The number of halogens is 1. The molecule has 5 heteroatoms. The molecular weight excluding hydrogens is 177 g/mol. The fraction of sp³-hybridized carbons (Fsp3) is 0.125. The van der Waals surface area contributed by atoms with E-state index in [0.29, 0.717) is 5.75 Å². The van der Waals surface area contributed by atoms with Gasteiger partial charge in [0.25, 0.3) is 0 Å². The summed E-state index contributed by atoms with van der Waals surface area (Å²) in [6.07, 6.45) is -1.06. The number of hydrogen-bond acceptors (Lipinski definition) is 3. The fourth-order valence-corrected chi connectivity index (χ4v) is 0.797. The summed E-state index contributed by atoms with van der Waals surface area (Å²) in [4.78, 5) is 10.3. The van der Waals surface area contributed by atoms with Gasteiger partial charge in [-0.15, -0.1) is 0 Å². The number of hydrogen-bond donors (Lipinski definition) is 1. The van der Waals surface area contributed by atoms with Crippen LogP contribution in [0, 0.1) is 5.82 Å². The standard InChI is InChI=1S/C8H8FNO3/c1-12-5-2-3-6(9)7(4-5)13-8(10)11/h2-4H,1H3,(H2,10,11). The number of methoxy groups -OCH3 is 1. The molecule has 1 aromatic rings. The molecule has 0 aromatic heterocycles. The number of benzene rings is 1. The summed E-state index contributed by atoms with van der Waals surface area (Å²) in [5.74, 6) is -0.524. The first-order valence-corrected chi connectivity index (χ1v) is 3.44. The molecule has 13 heavy (non-hydrogen) atoms. The first-order chi connectivity index (χ1) is 6.13. The highest BCUT2D eigenvalue weighted by Gasteiger charge is 2.07. The number of carbonyl (C=O) groups excluding carboxylic acids is 1. The molecule has 0 bridgehead atoms. The number of primary amides is 1. The zero-order valence-electron chi connectivity index (χ0n) is 6.91. The van der Waals surface area contributed by atoms with Crippen LogP contribution < -0.4 is 15.2 Å². The van der Waals surface area contributed by atoms with Crippen LogP contribution in [-0.4, -0.2) is 13.2 Å². The van der Waals surface area contributed by atoms with Gasteiger partial charge in [0.05, 0.1) is 7.11 Å². The minimum atomic E-state index is -1.06. The Hall–Kier alpha value is -1.78. The van der Waals surface area contributed by atoms with E-state index in [1.54, 1.807) is 0 Å². The third kappa shape index (κ3) is 2.33. The van der Waals surface area contributed by atoms with Gasteiger partial charge in [0.2, 0.25) is 0 Å². The van der Waals surface area contributed by atoms with Crippen LogP contribution in [0.3, 0.4) is 0 Å². The Balaban J connectivity index is 2.96. The molecule has 70 valence electrons. The van der Waals surface area contributed by atoms with Crippen LogP contribution in [0.25, 0.3) is 0 Å². The van der Waals surface area contributed by atoms with Crippen molar-refractivity contribution in [2.75, 3.05) is 7.11 Å². The normalized spacial score (nSPS) is 9.38. The molecule has 0 saturated carbocycles. The first-order valence-electron chi connectivity index (χ1n) is 3.44. The fourth-order valence-electron chi connectivity index (χ4n) is 0.797. The molecule has 0 saturated heterocycles. The zero-order valence-corrected chi connectivity index (χ0v) is 6.91. The van der Waals surface area contributed by atoms with Crippen LogP contribution in [0.2, 0.25) is 0 Å². The Bertz CT molecular complexity index is 327. The molecule has 0 heterocycles. The van der Waals surface area contributed by atoms with E-state index in [-0.39, 0.29) is 5.75 Å². The lowest BCUT2D eigenvalue weighted by atomic mass is 10.3. The van der Waals surface area contributed by atoms with Crippen molar-refractivity contribution in [1.82, 2.24) is 0 Å². The lowest BCUT2D eigenvalue weighted by Crippen LogP contribution is -2.16. The van der Waals surface area contributed by atoms with Gasteiger partial charge >= 0.3 is 6.09 Å². The van der Waals surface area contributed by atoms with E-state index in [0.717, 1.165) is 6.07 Å². The van der Waals surface area contributed by atoms with Gasteiger partial charge in [0.15, 0.2) is 11.6 Å². The molecule has 0 unspecified atom stereocenters. The number of nitrogens with two attached hydrogens (primary N) is 1. The summed E-state index contributed by atoms with van der Waals surface area (Å²) in [7, 11) is 1.42. The predicted octanol–water partition coefficient (Wildman–Crippen LogP) is 1.29. The SMILES string of the molecule is COc1ccc(F)c(OC(N)=O)c1. The van der Waals surface area contributed by atoms with Crippen LogP contribution in [-0.2, 0) is 0 Å². The average molecular weight is 185 g/mol. The van der Waals surface area contributed by atoms with E-state index in [1.807, 2.05) is 0 Å². The second kappa shape index (κ2) is 3.75. The second-order valence-electron chi connectivity index (χ2n) is 2.22. The van der Waals surface area contributed by atoms with Crippen molar-refractivity contribution in [3.05, 3.63) is 24.0 Å². The number of amides is 1. The molecule has 4 nitrogen and oxygen atoms in total. The lowest BCUT2D eigenvalue weighted by Gasteiger charge is -2.04. The Labute approximate surface area is 74.1 Å². The largest absolute Gasteiger partial charge is 0.497 e.